The topological polar surface area (TPSA) is 69.8 Å². The van der Waals surface area contributed by atoms with Gasteiger partial charge in [-0.3, -0.25) is 4.68 Å². The van der Waals surface area contributed by atoms with E-state index in [2.05, 4.69) is 27.5 Å². The molecular weight excluding hydrogens is 256 g/mol. The third-order valence-corrected chi connectivity index (χ3v) is 3.41. The molecule has 20 heavy (non-hydrogen) atoms. The summed E-state index contributed by atoms with van der Waals surface area (Å²) < 4.78 is 8.92. The van der Waals surface area contributed by atoms with E-state index in [4.69, 9.17) is 4.74 Å². The molecule has 0 unspecified atom stereocenters. The van der Waals surface area contributed by atoms with Crippen LogP contribution in [0.25, 0.3) is 0 Å². The van der Waals surface area contributed by atoms with Gasteiger partial charge in [0.25, 0.3) is 0 Å². The highest BCUT2D eigenvalue weighted by atomic mass is 16.5. The minimum Gasteiger partial charge on any atom is -0.383 e. The van der Waals surface area contributed by atoms with Gasteiger partial charge < -0.3 is 14.6 Å². The van der Waals surface area contributed by atoms with E-state index in [1.807, 2.05) is 23.2 Å². The Kier molecular flexibility index (Phi) is 4.86. The Morgan fingerprint density at radius 2 is 2.15 bits per heavy atom. The van der Waals surface area contributed by atoms with Gasteiger partial charge in [-0.15, -0.1) is 10.2 Å². The van der Waals surface area contributed by atoms with Crippen LogP contribution >= 0.6 is 0 Å². The molecule has 2 heterocycles. The summed E-state index contributed by atoms with van der Waals surface area (Å²) in [5.41, 5.74) is 3.45. The zero-order chi connectivity index (χ0) is 14.5. The number of ether oxygens (including phenoxy) is 1. The van der Waals surface area contributed by atoms with E-state index in [1.165, 1.54) is 5.56 Å². The molecule has 0 aliphatic heterocycles. The van der Waals surface area contributed by atoms with E-state index in [0.29, 0.717) is 13.2 Å². The quantitative estimate of drug-likeness (QED) is 0.743. The maximum Gasteiger partial charge on any atom is 0.154 e. The van der Waals surface area contributed by atoms with Crippen molar-refractivity contribution in [1.29, 1.82) is 0 Å². The number of rotatable bonds is 7. The van der Waals surface area contributed by atoms with Gasteiger partial charge in [0.2, 0.25) is 0 Å². The van der Waals surface area contributed by atoms with Gasteiger partial charge in [-0.25, -0.2) is 0 Å². The minimum absolute atomic E-state index is 0.640. The second-order valence-electron chi connectivity index (χ2n) is 4.83. The van der Waals surface area contributed by atoms with Gasteiger partial charge in [-0.05, 0) is 13.8 Å². The molecule has 7 nitrogen and oxygen atoms in total. The van der Waals surface area contributed by atoms with Crippen molar-refractivity contribution in [3.63, 3.8) is 0 Å². The molecule has 0 saturated heterocycles. The van der Waals surface area contributed by atoms with E-state index >= 15 is 0 Å². The average Bonchev–Trinajstić information content (AvgIpc) is 2.93. The first-order chi connectivity index (χ1) is 9.63. The molecule has 0 amide bonds. The van der Waals surface area contributed by atoms with E-state index in [1.54, 1.807) is 13.4 Å². The van der Waals surface area contributed by atoms with Crippen LogP contribution in [-0.2, 0) is 24.9 Å². The van der Waals surface area contributed by atoms with Crippen molar-refractivity contribution in [2.45, 2.75) is 26.9 Å². The predicted octanol–water partition coefficient (Wildman–Crippen LogP) is 0.413. The lowest BCUT2D eigenvalue weighted by Gasteiger charge is -2.06. The van der Waals surface area contributed by atoms with Crippen LogP contribution < -0.4 is 5.32 Å². The lowest BCUT2D eigenvalue weighted by Crippen LogP contribution is -2.19. The smallest absolute Gasteiger partial charge is 0.154 e. The molecule has 0 bridgehead atoms. The predicted molar refractivity (Wildman–Crippen MR) is 75.4 cm³/mol. The number of nitrogens with zero attached hydrogens (tertiary/aromatic N) is 5. The molecule has 0 fully saturated rings. The molecule has 110 valence electrons. The lowest BCUT2D eigenvalue weighted by atomic mass is 10.2. The zero-order valence-corrected chi connectivity index (χ0v) is 12.6. The largest absolute Gasteiger partial charge is 0.383 e. The molecule has 0 aliphatic carbocycles. The summed E-state index contributed by atoms with van der Waals surface area (Å²) in [5.74, 6) is 0.898. The summed E-state index contributed by atoms with van der Waals surface area (Å²) in [6, 6.07) is 0. The second-order valence-corrected chi connectivity index (χ2v) is 4.83. The van der Waals surface area contributed by atoms with Gasteiger partial charge in [0, 0.05) is 38.5 Å². The van der Waals surface area contributed by atoms with E-state index in [9.17, 15) is 0 Å². The molecule has 0 aromatic carbocycles. The molecule has 0 saturated carbocycles. The molecule has 2 aromatic rings. The number of aryl methyl sites for hydroxylation is 2. The third kappa shape index (κ3) is 3.23. The highest BCUT2D eigenvalue weighted by molar-refractivity contribution is 5.24. The van der Waals surface area contributed by atoms with Gasteiger partial charge in [0.1, 0.15) is 12.9 Å². The van der Waals surface area contributed by atoms with Gasteiger partial charge in [0.05, 0.1) is 12.3 Å². The van der Waals surface area contributed by atoms with E-state index in [-0.39, 0.29) is 0 Å². The molecule has 2 rings (SSSR count). The molecule has 0 aliphatic rings. The van der Waals surface area contributed by atoms with Crippen LogP contribution in [0, 0.1) is 13.8 Å². The lowest BCUT2D eigenvalue weighted by molar-refractivity contribution is 0.199. The van der Waals surface area contributed by atoms with Crippen molar-refractivity contribution in [3.8, 4) is 0 Å². The van der Waals surface area contributed by atoms with Crippen LogP contribution in [-0.4, -0.2) is 44.8 Å². The van der Waals surface area contributed by atoms with Crippen LogP contribution in [0.3, 0.4) is 0 Å². The monoisotopic (exact) mass is 278 g/mol. The SMILES string of the molecule is COCCNCc1c(C)nn(Cc2nncn2C)c1C. The number of nitrogens with one attached hydrogen (secondary N) is 1. The molecule has 7 heteroatoms. The summed E-state index contributed by atoms with van der Waals surface area (Å²) in [6.45, 7) is 7.12. The fourth-order valence-electron chi connectivity index (χ4n) is 2.12. The Morgan fingerprint density at radius 3 is 2.80 bits per heavy atom. The summed E-state index contributed by atoms with van der Waals surface area (Å²) in [5, 5.41) is 15.9. The molecule has 0 atom stereocenters. The second kappa shape index (κ2) is 6.62. The van der Waals surface area contributed by atoms with Gasteiger partial charge in [0.15, 0.2) is 5.82 Å². The fraction of sp³-hybridized carbons (Fsp3) is 0.615. The first kappa shape index (κ1) is 14.7. The van der Waals surface area contributed by atoms with Crippen LogP contribution in [0.2, 0.25) is 0 Å². The molecule has 2 aromatic heterocycles. The highest BCUT2D eigenvalue weighted by Crippen LogP contribution is 2.13. The maximum absolute atomic E-state index is 5.03. The summed E-state index contributed by atoms with van der Waals surface area (Å²) in [7, 11) is 3.64. The van der Waals surface area contributed by atoms with Crippen LogP contribution in [0.15, 0.2) is 6.33 Å². The van der Waals surface area contributed by atoms with Gasteiger partial charge in [-0.1, -0.05) is 0 Å². The number of methoxy groups -OCH3 is 1. The Bertz CT molecular complexity index is 559. The maximum atomic E-state index is 5.03. The van der Waals surface area contributed by atoms with Crippen molar-refractivity contribution in [2.75, 3.05) is 20.3 Å². The standard InChI is InChI=1S/C13H22N6O/c1-10-12(7-14-5-6-20-4)11(2)19(17-10)8-13-16-15-9-18(13)3/h9,14H,5-8H2,1-4H3. The van der Waals surface area contributed by atoms with Gasteiger partial charge in [-0.2, -0.15) is 5.10 Å². The minimum atomic E-state index is 0.640. The highest BCUT2D eigenvalue weighted by Gasteiger charge is 2.12. The number of hydrogen-bond donors (Lipinski definition) is 1. The first-order valence-corrected chi connectivity index (χ1v) is 6.69. The van der Waals surface area contributed by atoms with Crippen LogP contribution in [0.1, 0.15) is 22.8 Å². The summed E-state index contributed by atoms with van der Waals surface area (Å²) in [4.78, 5) is 0. The Labute approximate surface area is 119 Å². The van der Waals surface area contributed by atoms with E-state index in [0.717, 1.165) is 30.3 Å². The van der Waals surface area contributed by atoms with Crippen LogP contribution in [0.5, 0.6) is 0 Å². The first-order valence-electron chi connectivity index (χ1n) is 6.69. The van der Waals surface area contributed by atoms with Crippen molar-refractivity contribution < 1.29 is 4.74 Å². The average molecular weight is 278 g/mol. The van der Waals surface area contributed by atoms with Crippen LogP contribution in [0.4, 0.5) is 0 Å². The Morgan fingerprint density at radius 1 is 1.35 bits per heavy atom. The Hall–Kier alpha value is -1.73. The molecule has 0 spiro atoms. The summed E-state index contributed by atoms with van der Waals surface area (Å²) in [6.07, 6.45) is 1.70. The summed E-state index contributed by atoms with van der Waals surface area (Å²) >= 11 is 0. The van der Waals surface area contributed by atoms with Crippen molar-refractivity contribution in [3.05, 3.63) is 29.1 Å². The van der Waals surface area contributed by atoms with Crippen molar-refractivity contribution >= 4 is 0 Å². The Balaban J connectivity index is 2.06. The zero-order valence-electron chi connectivity index (χ0n) is 12.6. The van der Waals surface area contributed by atoms with Crippen molar-refractivity contribution in [2.24, 2.45) is 7.05 Å². The van der Waals surface area contributed by atoms with Gasteiger partial charge >= 0.3 is 0 Å². The molecule has 0 radical (unpaired) electrons. The fourth-order valence-corrected chi connectivity index (χ4v) is 2.12. The number of aromatic nitrogens is 5. The number of hydrogen-bond acceptors (Lipinski definition) is 5. The molecule has 1 N–H and O–H groups in total. The van der Waals surface area contributed by atoms with E-state index < -0.39 is 0 Å². The normalized spacial score (nSPS) is 11.2. The molecular formula is C13H22N6O. The third-order valence-electron chi connectivity index (χ3n) is 3.41. The van der Waals surface area contributed by atoms with Crippen molar-refractivity contribution in [1.82, 2.24) is 29.9 Å².